The summed E-state index contributed by atoms with van der Waals surface area (Å²) in [5.41, 5.74) is 0.804. The van der Waals surface area contributed by atoms with Crippen LogP contribution < -0.4 is 0 Å². The third-order valence-corrected chi connectivity index (χ3v) is 4.80. The lowest BCUT2D eigenvalue weighted by Crippen LogP contribution is -2.08. The van der Waals surface area contributed by atoms with Gasteiger partial charge in [-0.1, -0.05) is 18.3 Å². The zero-order valence-corrected chi connectivity index (χ0v) is 9.04. The first-order valence-electron chi connectivity index (χ1n) is 3.86. The van der Waals surface area contributed by atoms with Crippen molar-refractivity contribution in [2.24, 2.45) is 0 Å². The smallest absolute Gasteiger partial charge is 0.135 e. The Hall–Kier alpha value is -0.290. The molecule has 0 fully saturated rings. The lowest BCUT2D eigenvalue weighted by molar-refractivity contribution is 0.671. The van der Waals surface area contributed by atoms with Crippen LogP contribution in [-0.2, 0) is 10.8 Å². The van der Waals surface area contributed by atoms with E-state index in [1.54, 1.807) is 0 Å². The second kappa shape index (κ2) is 4.09. The number of nitrogens with zero attached hydrogens (tertiary/aromatic N) is 2. The molecule has 0 saturated heterocycles. The maximum absolute atomic E-state index is 11.7. The molecule has 0 unspecified atom stereocenters. The van der Waals surface area contributed by atoms with Crippen LogP contribution in [0, 0.1) is 6.92 Å². The molecular weight excluding hydrogens is 192 g/mol. The van der Waals surface area contributed by atoms with Gasteiger partial charge in [0.15, 0.2) is 0 Å². The average molecular weight is 204 g/mol. The quantitative estimate of drug-likeness (QED) is 0.753. The van der Waals surface area contributed by atoms with Gasteiger partial charge in [-0.25, -0.2) is 0 Å². The highest BCUT2D eigenvalue weighted by Crippen LogP contribution is 2.19. The van der Waals surface area contributed by atoms with E-state index >= 15 is 0 Å². The molecule has 2 atom stereocenters. The topological polar surface area (TPSA) is 42.9 Å². The molecule has 0 saturated carbocycles. The number of aromatic nitrogens is 2. The third kappa shape index (κ3) is 1.90. The Labute approximate surface area is 78.8 Å². The van der Waals surface area contributed by atoms with Crippen LogP contribution in [0.2, 0.25) is 0 Å². The first-order valence-corrected chi connectivity index (χ1v) is 5.85. The third-order valence-electron chi connectivity index (χ3n) is 1.73. The van der Waals surface area contributed by atoms with Gasteiger partial charge in [-0.3, -0.25) is 4.21 Å². The molecule has 0 radical (unpaired) electrons. The number of aryl methyl sites for hydroxylation is 1. The number of rotatable bonds is 3. The zero-order valence-electron chi connectivity index (χ0n) is 7.40. The summed E-state index contributed by atoms with van der Waals surface area (Å²) in [7, 11) is -0.915. The van der Waals surface area contributed by atoms with E-state index in [1.165, 1.54) is 11.5 Å². The van der Waals surface area contributed by atoms with Crippen molar-refractivity contribution in [1.82, 2.24) is 9.59 Å². The molecule has 68 valence electrons. The summed E-state index contributed by atoms with van der Waals surface area (Å²) in [4.78, 5) is 0. The highest BCUT2D eigenvalue weighted by Gasteiger charge is 2.16. The summed E-state index contributed by atoms with van der Waals surface area (Å²) in [5.74, 6) is 0. The second-order valence-electron chi connectivity index (χ2n) is 2.66. The predicted molar refractivity (Wildman–Crippen MR) is 50.8 cm³/mol. The van der Waals surface area contributed by atoms with Gasteiger partial charge in [-0.05, 0) is 24.9 Å². The van der Waals surface area contributed by atoms with Gasteiger partial charge in [0.1, 0.15) is 4.21 Å². The fourth-order valence-electron chi connectivity index (χ4n) is 0.742. The first kappa shape index (κ1) is 9.80. The van der Waals surface area contributed by atoms with Crippen molar-refractivity contribution in [1.29, 1.82) is 0 Å². The van der Waals surface area contributed by atoms with E-state index in [1.807, 2.05) is 20.8 Å². The molecule has 0 spiro atoms. The molecule has 1 aromatic heterocycles. The summed E-state index contributed by atoms with van der Waals surface area (Å²) in [6, 6.07) is 0. The van der Waals surface area contributed by atoms with Crippen LogP contribution in [0.1, 0.15) is 26.0 Å². The van der Waals surface area contributed by atoms with Crippen molar-refractivity contribution >= 4 is 22.3 Å². The summed E-state index contributed by atoms with van der Waals surface area (Å²) < 4.78 is 16.3. The molecule has 0 amide bonds. The van der Waals surface area contributed by atoms with Crippen LogP contribution in [0.5, 0.6) is 0 Å². The van der Waals surface area contributed by atoms with Gasteiger partial charge in [0.25, 0.3) is 0 Å². The van der Waals surface area contributed by atoms with Crippen molar-refractivity contribution in [2.45, 2.75) is 36.7 Å². The minimum Gasteiger partial charge on any atom is -0.253 e. The van der Waals surface area contributed by atoms with Crippen LogP contribution in [0.25, 0.3) is 0 Å². The second-order valence-corrected chi connectivity index (χ2v) is 5.48. The fraction of sp³-hybridized carbons (Fsp3) is 0.714. The van der Waals surface area contributed by atoms with Gasteiger partial charge >= 0.3 is 0 Å². The average Bonchev–Trinajstić information content (AvgIpc) is 2.48. The van der Waals surface area contributed by atoms with E-state index in [2.05, 4.69) is 9.59 Å². The Morgan fingerprint density at radius 2 is 2.33 bits per heavy atom. The van der Waals surface area contributed by atoms with Gasteiger partial charge in [0.05, 0.1) is 16.5 Å². The zero-order chi connectivity index (χ0) is 9.14. The normalized spacial score (nSPS) is 15.9. The predicted octanol–water partition coefficient (Wildman–Crippen LogP) is 1.75. The molecule has 0 aromatic carbocycles. The van der Waals surface area contributed by atoms with E-state index in [-0.39, 0.29) is 5.25 Å². The van der Waals surface area contributed by atoms with Gasteiger partial charge in [-0.15, -0.1) is 5.10 Å². The molecule has 1 rings (SSSR count). The molecule has 0 bridgehead atoms. The minimum atomic E-state index is -0.915. The van der Waals surface area contributed by atoms with Gasteiger partial charge in [0.2, 0.25) is 0 Å². The monoisotopic (exact) mass is 204 g/mol. The summed E-state index contributed by atoms with van der Waals surface area (Å²) >= 11 is 1.24. The van der Waals surface area contributed by atoms with Crippen molar-refractivity contribution in [2.75, 3.05) is 0 Å². The largest absolute Gasteiger partial charge is 0.253 e. The van der Waals surface area contributed by atoms with Crippen LogP contribution in [0.4, 0.5) is 0 Å². The summed E-state index contributed by atoms with van der Waals surface area (Å²) in [6.07, 6.45) is 0.921. The van der Waals surface area contributed by atoms with Gasteiger partial charge in [0, 0.05) is 5.25 Å². The van der Waals surface area contributed by atoms with Crippen LogP contribution >= 0.6 is 11.5 Å². The molecule has 0 aliphatic heterocycles. The molecule has 0 N–H and O–H groups in total. The van der Waals surface area contributed by atoms with Crippen molar-refractivity contribution < 1.29 is 4.21 Å². The minimum absolute atomic E-state index is 0.200. The SMILES string of the molecule is CC[C@H](C)[S@@](=O)c1snnc1C. The maximum atomic E-state index is 11.7. The molecule has 1 heterocycles. The van der Waals surface area contributed by atoms with Crippen LogP contribution in [0.3, 0.4) is 0 Å². The fourth-order valence-corrected chi connectivity index (χ4v) is 3.04. The Kier molecular flexibility index (Phi) is 3.34. The van der Waals surface area contributed by atoms with E-state index < -0.39 is 10.8 Å². The first-order chi connectivity index (χ1) is 5.66. The molecule has 5 heteroatoms. The van der Waals surface area contributed by atoms with Crippen LogP contribution in [-0.4, -0.2) is 19.0 Å². The molecule has 0 aliphatic rings. The summed E-state index contributed by atoms with van der Waals surface area (Å²) in [5, 5.41) is 4.03. The molecule has 3 nitrogen and oxygen atoms in total. The standard InChI is InChI=1S/C7H12N2OS2/c1-4-5(2)12(10)7-6(3)8-9-11-7/h5H,4H2,1-3H3/t5-,12+/m0/s1. The Morgan fingerprint density at radius 3 is 2.75 bits per heavy atom. The number of hydrogen-bond acceptors (Lipinski definition) is 4. The van der Waals surface area contributed by atoms with Crippen LogP contribution in [0.15, 0.2) is 4.21 Å². The van der Waals surface area contributed by atoms with E-state index in [9.17, 15) is 4.21 Å². The Balaban J connectivity index is 2.85. The van der Waals surface area contributed by atoms with Gasteiger partial charge in [-0.2, -0.15) is 0 Å². The van der Waals surface area contributed by atoms with Crippen molar-refractivity contribution in [3.05, 3.63) is 5.69 Å². The highest BCUT2D eigenvalue weighted by atomic mass is 32.2. The Bertz CT molecular complexity index is 285. The van der Waals surface area contributed by atoms with Crippen molar-refractivity contribution in [3.63, 3.8) is 0 Å². The van der Waals surface area contributed by atoms with Crippen molar-refractivity contribution in [3.8, 4) is 0 Å². The van der Waals surface area contributed by atoms with E-state index in [4.69, 9.17) is 0 Å². The van der Waals surface area contributed by atoms with E-state index in [0.29, 0.717) is 0 Å². The molecular formula is C7H12N2OS2. The highest BCUT2D eigenvalue weighted by molar-refractivity contribution is 7.87. The Morgan fingerprint density at radius 1 is 1.67 bits per heavy atom. The maximum Gasteiger partial charge on any atom is 0.135 e. The lowest BCUT2D eigenvalue weighted by atomic mass is 10.4. The summed E-state index contributed by atoms with van der Waals surface area (Å²) in [6.45, 7) is 5.86. The molecule has 0 aliphatic carbocycles. The lowest BCUT2D eigenvalue weighted by Gasteiger charge is -2.05. The molecule has 12 heavy (non-hydrogen) atoms. The van der Waals surface area contributed by atoms with E-state index in [0.717, 1.165) is 16.3 Å². The molecule has 1 aromatic rings. The number of hydrogen-bond donors (Lipinski definition) is 0. The van der Waals surface area contributed by atoms with Gasteiger partial charge < -0.3 is 0 Å².